The molecule has 0 saturated carbocycles. The minimum Gasteiger partial charge on any atom is -0.490 e. The van der Waals surface area contributed by atoms with Gasteiger partial charge >= 0.3 is 6.01 Å². The maximum atomic E-state index is 5.61. The van der Waals surface area contributed by atoms with Crippen LogP contribution in [-0.2, 0) is 0 Å². The van der Waals surface area contributed by atoms with Crippen molar-refractivity contribution in [1.29, 1.82) is 0 Å². The molecular weight excluding hydrogens is 256 g/mol. The van der Waals surface area contributed by atoms with Crippen molar-refractivity contribution in [2.75, 3.05) is 18.9 Å². The number of nitrogen functional groups attached to an aromatic ring is 1. The van der Waals surface area contributed by atoms with Gasteiger partial charge < -0.3 is 15.2 Å². The van der Waals surface area contributed by atoms with Gasteiger partial charge in [-0.25, -0.2) is 0 Å². The molecule has 2 rings (SSSR count). The van der Waals surface area contributed by atoms with E-state index in [1.54, 1.807) is 0 Å². The lowest BCUT2D eigenvalue weighted by atomic mass is 10.3. The van der Waals surface area contributed by atoms with Gasteiger partial charge in [0.1, 0.15) is 19.0 Å². The monoisotopic (exact) mass is 266 g/mol. The van der Waals surface area contributed by atoms with Crippen molar-refractivity contribution in [3.05, 3.63) is 35.6 Å². The second kappa shape index (κ2) is 6.02. The molecule has 94 valence electrons. The lowest BCUT2D eigenvalue weighted by molar-refractivity contribution is 0.206. The largest absolute Gasteiger partial charge is 0.490 e. The van der Waals surface area contributed by atoms with E-state index in [9.17, 15) is 0 Å². The molecule has 6 nitrogen and oxygen atoms in total. The number of aromatic nitrogens is 3. The zero-order valence-electron chi connectivity index (χ0n) is 9.41. The van der Waals surface area contributed by atoms with Crippen LogP contribution in [0.15, 0.2) is 30.3 Å². The molecule has 0 spiro atoms. The van der Waals surface area contributed by atoms with Gasteiger partial charge in [0.2, 0.25) is 11.2 Å². The lowest BCUT2D eigenvalue weighted by Gasteiger charge is -2.07. The topological polar surface area (TPSA) is 83.2 Å². The molecule has 2 N–H and O–H groups in total. The van der Waals surface area contributed by atoms with E-state index in [4.69, 9.17) is 26.8 Å². The summed E-state index contributed by atoms with van der Waals surface area (Å²) in [6, 6.07) is 9.50. The third kappa shape index (κ3) is 3.74. The highest BCUT2D eigenvalue weighted by Gasteiger charge is 2.03. The molecule has 0 bridgehead atoms. The van der Waals surface area contributed by atoms with E-state index in [1.165, 1.54) is 0 Å². The molecule has 0 aliphatic heterocycles. The van der Waals surface area contributed by atoms with Crippen LogP contribution in [0.3, 0.4) is 0 Å². The summed E-state index contributed by atoms with van der Waals surface area (Å²) < 4.78 is 10.7. The number of hydrogen-bond acceptors (Lipinski definition) is 6. The maximum absolute atomic E-state index is 5.61. The van der Waals surface area contributed by atoms with E-state index >= 15 is 0 Å². The third-order valence-corrected chi connectivity index (χ3v) is 2.10. The minimum atomic E-state index is 0.00137. The number of rotatable bonds is 5. The molecule has 0 radical (unpaired) electrons. The van der Waals surface area contributed by atoms with Crippen LogP contribution < -0.4 is 15.2 Å². The molecule has 0 aliphatic rings. The van der Waals surface area contributed by atoms with Gasteiger partial charge in [0.15, 0.2) is 0 Å². The Morgan fingerprint density at radius 2 is 1.72 bits per heavy atom. The zero-order chi connectivity index (χ0) is 12.8. The highest BCUT2D eigenvalue weighted by molar-refractivity contribution is 6.28. The first-order valence-corrected chi connectivity index (χ1v) is 5.59. The SMILES string of the molecule is Nc1nc(Cl)nc(OCCOc2ccccc2)n1. The van der Waals surface area contributed by atoms with E-state index < -0.39 is 0 Å². The van der Waals surface area contributed by atoms with Gasteiger partial charge in [0.25, 0.3) is 0 Å². The van der Waals surface area contributed by atoms with Crippen molar-refractivity contribution >= 4 is 17.5 Å². The summed E-state index contributed by atoms with van der Waals surface area (Å²) in [6.45, 7) is 0.655. The molecule has 0 saturated heterocycles. The maximum Gasteiger partial charge on any atom is 0.322 e. The molecule has 0 unspecified atom stereocenters. The van der Waals surface area contributed by atoms with Crippen molar-refractivity contribution in [2.24, 2.45) is 0 Å². The predicted molar refractivity (Wildman–Crippen MR) is 66.7 cm³/mol. The second-order valence-corrected chi connectivity index (χ2v) is 3.59. The van der Waals surface area contributed by atoms with Crippen LogP contribution in [0.5, 0.6) is 11.8 Å². The van der Waals surface area contributed by atoms with Crippen LogP contribution in [0, 0.1) is 0 Å². The average Bonchev–Trinajstić information content (AvgIpc) is 2.35. The van der Waals surface area contributed by atoms with Crippen LogP contribution >= 0.6 is 11.6 Å². The predicted octanol–water partition coefficient (Wildman–Crippen LogP) is 1.56. The van der Waals surface area contributed by atoms with Crippen molar-refractivity contribution in [2.45, 2.75) is 0 Å². The Kier molecular flexibility index (Phi) is 4.14. The summed E-state index contributed by atoms with van der Waals surface area (Å²) in [6.07, 6.45) is 0. The highest BCUT2D eigenvalue weighted by Crippen LogP contribution is 2.10. The molecular formula is C11H11ClN4O2. The summed E-state index contributed by atoms with van der Waals surface area (Å²) in [5.74, 6) is 0.795. The van der Waals surface area contributed by atoms with Crippen molar-refractivity contribution in [3.63, 3.8) is 0 Å². The molecule has 18 heavy (non-hydrogen) atoms. The molecule has 0 aliphatic carbocycles. The summed E-state index contributed by atoms with van der Waals surface area (Å²) >= 11 is 5.61. The van der Waals surface area contributed by atoms with E-state index in [0.29, 0.717) is 6.61 Å². The van der Waals surface area contributed by atoms with Crippen LogP contribution in [0.2, 0.25) is 5.28 Å². The quantitative estimate of drug-likeness (QED) is 0.827. The molecule has 0 amide bonds. The first-order chi connectivity index (χ1) is 8.74. The molecule has 1 heterocycles. The van der Waals surface area contributed by atoms with E-state index in [1.807, 2.05) is 30.3 Å². The molecule has 0 fully saturated rings. The molecule has 2 aromatic rings. The van der Waals surface area contributed by atoms with Crippen LogP contribution in [0.1, 0.15) is 0 Å². The lowest BCUT2D eigenvalue weighted by Crippen LogP contribution is -2.11. The first kappa shape index (κ1) is 12.4. The Morgan fingerprint density at radius 3 is 2.44 bits per heavy atom. The number of benzene rings is 1. The van der Waals surface area contributed by atoms with Crippen LogP contribution in [0.4, 0.5) is 5.95 Å². The standard InChI is InChI=1S/C11H11ClN4O2/c12-9-14-10(13)16-11(15-9)18-7-6-17-8-4-2-1-3-5-8/h1-5H,6-7H2,(H2,13,14,15,16). The summed E-state index contributed by atoms with van der Waals surface area (Å²) in [4.78, 5) is 11.2. The van der Waals surface area contributed by atoms with Crippen molar-refractivity contribution in [1.82, 2.24) is 15.0 Å². The van der Waals surface area contributed by atoms with Gasteiger partial charge in [-0.1, -0.05) is 18.2 Å². The van der Waals surface area contributed by atoms with Crippen LogP contribution in [0.25, 0.3) is 0 Å². The Balaban J connectivity index is 1.78. The molecule has 1 aromatic carbocycles. The number of para-hydroxylation sites is 1. The zero-order valence-corrected chi connectivity index (χ0v) is 10.2. The highest BCUT2D eigenvalue weighted by atomic mass is 35.5. The van der Waals surface area contributed by atoms with E-state index in [-0.39, 0.29) is 23.8 Å². The summed E-state index contributed by atoms with van der Waals surface area (Å²) in [7, 11) is 0. The molecule has 0 atom stereocenters. The van der Waals surface area contributed by atoms with Gasteiger partial charge in [-0.3, -0.25) is 0 Å². The van der Waals surface area contributed by atoms with Gasteiger partial charge in [-0.15, -0.1) is 0 Å². The van der Waals surface area contributed by atoms with Gasteiger partial charge in [0, 0.05) is 0 Å². The number of halogens is 1. The fourth-order valence-corrected chi connectivity index (χ4v) is 1.38. The van der Waals surface area contributed by atoms with Gasteiger partial charge in [-0.2, -0.15) is 15.0 Å². The average molecular weight is 267 g/mol. The summed E-state index contributed by atoms with van der Waals surface area (Å²) in [5.41, 5.74) is 5.40. The van der Waals surface area contributed by atoms with E-state index in [0.717, 1.165) is 5.75 Å². The normalized spacial score (nSPS) is 10.1. The Bertz CT molecular complexity index is 489. The molecule has 1 aromatic heterocycles. The second-order valence-electron chi connectivity index (χ2n) is 3.26. The van der Waals surface area contributed by atoms with E-state index in [2.05, 4.69) is 15.0 Å². The van der Waals surface area contributed by atoms with Crippen molar-refractivity contribution in [3.8, 4) is 11.8 Å². The van der Waals surface area contributed by atoms with Crippen LogP contribution in [-0.4, -0.2) is 28.2 Å². The number of nitrogens with zero attached hydrogens (tertiary/aromatic N) is 3. The smallest absolute Gasteiger partial charge is 0.322 e. The molecule has 7 heteroatoms. The fraction of sp³-hybridized carbons (Fsp3) is 0.182. The Hall–Kier alpha value is -2.08. The number of ether oxygens (including phenoxy) is 2. The van der Waals surface area contributed by atoms with Crippen molar-refractivity contribution < 1.29 is 9.47 Å². The fourth-order valence-electron chi connectivity index (χ4n) is 1.22. The van der Waals surface area contributed by atoms with Gasteiger partial charge in [-0.05, 0) is 23.7 Å². The Morgan fingerprint density at radius 1 is 1.00 bits per heavy atom. The number of nitrogens with two attached hydrogens (primary N) is 1. The third-order valence-electron chi connectivity index (χ3n) is 1.93. The summed E-state index contributed by atoms with van der Waals surface area (Å²) in [5, 5.41) is 0.00137. The number of hydrogen-bond donors (Lipinski definition) is 1. The minimum absolute atomic E-state index is 0.00137. The first-order valence-electron chi connectivity index (χ1n) is 5.22. The Labute approximate surface area is 109 Å². The van der Waals surface area contributed by atoms with Gasteiger partial charge in [0.05, 0.1) is 0 Å². The number of anilines is 1.